The molecule has 1 amide bonds. The van der Waals surface area contributed by atoms with Gasteiger partial charge in [0.2, 0.25) is 5.91 Å². The lowest BCUT2D eigenvalue weighted by Crippen LogP contribution is -2.51. The van der Waals surface area contributed by atoms with Crippen molar-refractivity contribution in [2.45, 2.75) is 47.0 Å². The quantitative estimate of drug-likeness (QED) is 0.876. The number of carboxylic acid groups (broad SMARTS) is 1. The molecule has 0 aromatic heterocycles. The van der Waals surface area contributed by atoms with E-state index in [4.69, 9.17) is 0 Å². The number of carboxylic acids is 1. The molecule has 0 saturated heterocycles. The van der Waals surface area contributed by atoms with E-state index in [1.165, 1.54) is 5.56 Å². The van der Waals surface area contributed by atoms with Crippen molar-refractivity contribution in [1.29, 1.82) is 0 Å². The van der Waals surface area contributed by atoms with Crippen molar-refractivity contribution >= 4 is 11.9 Å². The van der Waals surface area contributed by atoms with Gasteiger partial charge in [0.05, 0.1) is 10.8 Å². The Labute approximate surface area is 138 Å². The van der Waals surface area contributed by atoms with Crippen LogP contribution < -0.4 is 5.32 Å². The van der Waals surface area contributed by atoms with Gasteiger partial charge in [0.1, 0.15) is 0 Å². The Morgan fingerprint density at radius 1 is 1.04 bits per heavy atom. The zero-order chi connectivity index (χ0) is 17.3. The second kappa shape index (κ2) is 5.99. The van der Waals surface area contributed by atoms with E-state index in [9.17, 15) is 14.7 Å². The number of rotatable bonds is 5. The maximum Gasteiger partial charge on any atom is 0.309 e. The first kappa shape index (κ1) is 17.5. The molecule has 2 unspecified atom stereocenters. The molecule has 1 fully saturated rings. The molecule has 1 saturated carbocycles. The zero-order valence-electron chi connectivity index (χ0n) is 14.5. The van der Waals surface area contributed by atoms with Crippen LogP contribution in [0, 0.1) is 16.2 Å². The molecule has 126 valence electrons. The van der Waals surface area contributed by atoms with E-state index < -0.39 is 22.2 Å². The average Bonchev–Trinajstić information content (AvgIpc) is 2.70. The van der Waals surface area contributed by atoms with Crippen LogP contribution in [0.1, 0.15) is 46.1 Å². The third kappa shape index (κ3) is 2.75. The van der Waals surface area contributed by atoms with Gasteiger partial charge >= 0.3 is 5.97 Å². The van der Waals surface area contributed by atoms with Crippen LogP contribution in [0.4, 0.5) is 0 Å². The van der Waals surface area contributed by atoms with E-state index in [2.05, 4.69) is 5.32 Å². The summed E-state index contributed by atoms with van der Waals surface area (Å²) in [4.78, 5) is 24.5. The van der Waals surface area contributed by atoms with Crippen LogP contribution in [0.15, 0.2) is 30.3 Å². The van der Waals surface area contributed by atoms with E-state index in [1.807, 2.05) is 51.1 Å². The van der Waals surface area contributed by atoms with Crippen LogP contribution in [0.5, 0.6) is 0 Å². The molecular formula is C19H27NO3. The predicted octanol–water partition coefficient (Wildman–Crippen LogP) is 3.26. The van der Waals surface area contributed by atoms with Gasteiger partial charge in [-0.2, -0.15) is 0 Å². The molecule has 1 aliphatic rings. The summed E-state index contributed by atoms with van der Waals surface area (Å²) in [6.07, 6.45) is 1.90. The van der Waals surface area contributed by atoms with Gasteiger partial charge in [0.25, 0.3) is 0 Å². The molecule has 2 atom stereocenters. The lowest BCUT2D eigenvalue weighted by atomic mass is 9.59. The fourth-order valence-corrected chi connectivity index (χ4v) is 3.67. The first-order valence-corrected chi connectivity index (χ1v) is 8.21. The fraction of sp³-hybridized carbons (Fsp3) is 0.579. The summed E-state index contributed by atoms with van der Waals surface area (Å²) in [7, 11) is 0. The van der Waals surface area contributed by atoms with Gasteiger partial charge in [-0.05, 0) is 37.2 Å². The summed E-state index contributed by atoms with van der Waals surface area (Å²) in [5.74, 6) is -0.855. The molecule has 1 aliphatic carbocycles. The number of aliphatic carboxylic acids is 1. The van der Waals surface area contributed by atoms with Crippen molar-refractivity contribution in [3.63, 3.8) is 0 Å². The van der Waals surface area contributed by atoms with E-state index in [0.717, 1.165) is 6.42 Å². The Morgan fingerprint density at radius 2 is 1.61 bits per heavy atom. The smallest absolute Gasteiger partial charge is 0.309 e. The van der Waals surface area contributed by atoms with Crippen molar-refractivity contribution in [3.8, 4) is 0 Å². The lowest BCUT2D eigenvalue weighted by molar-refractivity contribution is -0.158. The van der Waals surface area contributed by atoms with Crippen LogP contribution in [-0.4, -0.2) is 23.5 Å². The van der Waals surface area contributed by atoms with Crippen LogP contribution in [0.3, 0.4) is 0 Å². The van der Waals surface area contributed by atoms with Gasteiger partial charge in [-0.1, -0.05) is 51.1 Å². The van der Waals surface area contributed by atoms with E-state index >= 15 is 0 Å². The minimum Gasteiger partial charge on any atom is -0.481 e. The molecule has 1 aromatic carbocycles. The van der Waals surface area contributed by atoms with Crippen molar-refractivity contribution in [1.82, 2.24) is 5.32 Å². The minimum atomic E-state index is -0.876. The third-order valence-electron chi connectivity index (χ3n) is 6.40. The molecule has 0 bridgehead atoms. The van der Waals surface area contributed by atoms with E-state index in [0.29, 0.717) is 19.4 Å². The molecule has 1 aromatic rings. The summed E-state index contributed by atoms with van der Waals surface area (Å²) in [6.45, 7) is 8.05. The number of benzene rings is 1. The zero-order valence-corrected chi connectivity index (χ0v) is 14.5. The van der Waals surface area contributed by atoms with Crippen molar-refractivity contribution < 1.29 is 14.7 Å². The molecule has 4 heteroatoms. The Balaban J connectivity index is 2.05. The number of amides is 1. The topological polar surface area (TPSA) is 66.4 Å². The van der Waals surface area contributed by atoms with Gasteiger partial charge in [-0.3, -0.25) is 9.59 Å². The highest BCUT2D eigenvalue weighted by Gasteiger charge is 2.64. The molecule has 0 spiro atoms. The number of nitrogens with one attached hydrogen (secondary N) is 1. The number of carbonyl (C=O) groups is 2. The molecule has 2 rings (SSSR count). The molecule has 2 N–H and O–H groups in total. The second-order valence-electron chi connectivity index (χ2n) is 7.59. The van der Waals surface area contributed by atoms with Crippen molar-refractivity contribution in [2.24, 2.45) is 16.2 Å². The summed E-state index contributed by atoms with van der Waals surface area (Å²) in [6, 6.07) is 10.0. The minimum absolute atomic E-state index is 0.0385. The van der Waals surface area contributed by atoms with E-state index in [1.54, 1.807) is 6.92 Å². The van der Waals surface area contributed by atoms with Gasteiger partial charge < -0.3 is 10.4 Å². The highest BCUT2D eigenvalue weighted by atomic mass is 16.4. The Bertz CT molecular complexity index is 596. The lowest BCUT2D eigenvalue weighted by Gasteiger charge is -2.44. The highest BCUT2D eigenvalue weighted by Crippen LogP contribution is 2.62. The van der Waals surface area contributed by atoms with Gasteiger partial charge in [0, 0.05) is 6.54 Å². The molecular weight excluding hydrogens is 290 g/mol. The van der Waals surface area contributed by atoms with E-state index in [-0.39, 0.29) is 5.91 Å². The summed E-state index contributed by atoms with van der Waals surface area (Å²) >= 11 is 0. The largest absolute Gasteiger partial charge is 0.481 e. The monoisotopic (exact) mass is 317 g/mol. The number of hydrogen-bond acceptors (Lipinski definition) is 2. The number of carbonyl (C=O) groups excluding carboxylic acids is 1. The summed E-state index contributed by atoms with van der Waals surface area (Å²) < 4.78 is 0. The van der Waals surface area contributed by atoms with Gasteiger partial charge in [-0.15, -0.1) is 0 Å². The van der Waals surface area contributed by atoms with Crippen LogP contribution in [0.25, 0.3) is 0 Å². The summed E-state index contributed by atoms with van der Waals surface area (Å²) in [5.41, 5.74) is -0.975. The van der Waals surface area contributed by atoms with Crippen LogP contribution >= 0.6 is 0 Å². The molecule has 0 aliphatic heterocycles. The van der Waals surface area contributed by atoms with Crippen molar-refractivity contribution in [3.05, 3.63) is 35.9 Å². The fourth-order valence-electron chi connectivity index (χ4n) is 3.67. The van der Waals surface area contributed by atoms with Gasteiger partial charge in [-0.25, -0.2) is 0 Å². The maximum absolute atomic E-state index is 12.8. The SMILES string of the molecule is CC1(C(=O)O)CCC(C)(C(=O)NCCc2ccccc2)C1(C)C. The van der Waals surface area contributed by atoms with Crippen LogP contribution in [-0.2, 0) is 16.0 Å². The Kier molecular flexibility index (Phi) is 4.56. The molecule has 23 heavy (non-hydrogen) atoms. The van der Waals surface area contributed by atoms with Crippen LogP contribution in [0.2, 0.25) is 0 Å². The average molecular weight is 317 g/mol. The molecule has 0 radical (unpaired) electrons. The molecule has 4 nitrogen and oxygen atoms in total. The Morgan fingerprint density at radius 3 is 2.13 bits per heavy atom. The Hall–Kier alpha value is -1.84. The van der Waals surface area contributed by atoms with Gasteiger partial charge in [0.15, 0.2) is 0 Å². The first-order chi connectivity index (χ1) is 10.6. The second-order valence-corrected chi connectivity index (χ2v) is 7.59. The predicted molar refractivity (Wildman–Crippen MR) is 90.0 cm³/mol. The first-order valence-electron chi connectivity index (χ1n) is 8.21. The summed E-state index contributed by atoms with van der Waals surface area (Å²) in [5, 5.41) is 12.6. The number of hydrogen-bond donors (Lipinski definition) is 2. The highest BCUT2D eigenvalue weighted by molar-refractivity contribution is 5.86. The standard InChI is InChI=1S/C19H27NO3/c1-17(2)18(3,11-12-19(17,4)16(22)23)15(21)20-13-10-14-8-6-5-7-9-14/h5-9H,10-13H2,1-4H3,(H,20,21)(H,22,23). The maximum atomic E-state index is 12.8. The molecule has 0 heterocycles. The third-order valence-corrected chi connectivity index (χ3v) is 6.40. The van der Waals surface area contributed by atoms with Crippen molar-refractivity contribution in [2.75, 3.05) is 6.54 Å². The normalized spacial score (nSPS) is 29.2.